The highest BCUT2D eigenvalue weighted by atomic mass is 19.1. The lowest BCUT2D eigenvalue weighted by molar-refractivity contribution is 0.137. The van der Waals surface area contributed by atoms with Gasteiger partial charge in [0.25, 0.3) is 0 Å². The Balaban J connectivity index is 0.00000206. The molecule has 1 aliphatic rings. The van der Waals surface area contributed by atoms with Crippen LogP contribution in [0.5, 0.6) is 0 Å². The van der Waals surface area contributed by atoms with Gasteiger partial charge >= 0.3 is 0 Å². The average molecular weight is 593 g/mol. The highest BCUT2D eigenvalue weighted by Gasteiger charge is 2.17. The number of allylic oxidation sites excluding steroid dienone is 2. The summed E-state index contributed by atoms with van der Waals surface area (Å²) in [5.41, 5.74) is 9.29. The molecule has 0 unspecified atom stereocenters. The second-order valence-electron chi connectivity index (χ2n) is 12.2. The number of rotatable bonds is 14. The first-order valence-corrected chi connectivity index (χ1v) is 15.7. The standard InChI is InChI=1S/C35H49F2N3.C2H5N/c1-5-21-38-22-19-29(34(30-11-15-32(36)16-12-30)31-13-17-33(37)18-14-31)10-7-6-8-23-39-25-27-40(28-26-39)24-9-20-35(2,3)4;1-2-3/h5-6,8,11-18,21,38H,7,9-10,19-20,22-28H2,1-4H3;2H,1,3H2/b8-6+,21-5-;. The molecule has 1 heterocycles. The van der Waals surface area contributed by atoms with Crippen LogP contribution in [-0.2, 0) is 0 Å². The molecule has 3 rings (SSSR count). The molecule has 0 saturated carbocycles. The summed E-state index contributed by atoms with van der Waals surface area (Å²) in [4.78, 5) is 5.15. The van der Waals surface area contributed by atoms with Gasteiger partial charge < -0.3 is 16.0 Å². The topological polar surface area (TPSA) is 44.5 Å². The summed E-state index contributed by atoms with van der Waals surface area (Å²) in [6, 6.07) is 13.3. The van der Waals surface area contributed by atoms with Crippen LogP contribution in [0.1, 0.15) is 70.9 Å². The third-order valence-corrected chi connectivity index (χ3v) is 7.48. The summed E-state index contributed by atoms with van der Waals surface area (Å²) in [7, 11) is 0. The Hall–Kier alpha value is -3.22. The zero-order valence-corrected chi connectivity index (χ0v) is 26.9. The van der Waals surface area contributed by atoms with Gasteiger partial charge in [0.05, 0.1) is 0 Å². The molecule has 0 spiro atoms. The van der Waals surface area contributed by atoms with Crippen LogP contribution in [-0.4, -0.2) is 55.6 Å². The zero-order chi connectivity index (χ0) is 31.5. The first kappa shape index (κ1) is 36.0. The summed E-state index contributed by atoms with van der Waals surface area (Å²) in [6.45, 7) is 19.7. The lowest BCUT2D eigenvalue weighted by atomic mass is 9.89. The minimum Gasteiger partial charge on any atom is -0.405 e. The lowest BCUT2D eigenvalue weighted by Crippen LogP contribution is -2.46. The lowest BCUT2D eigenvalue weighted by Gasteiger charge is -2.34. The van der Waals surface area contributed by atoms with E-state index in [0.29, 0.717) is 5.41 Å². The summed E-state index contributed by atoms with van der Waals surface area (Å²) >= 11 is 0. The van der Waals surface area contributed by atoms with Crippen molar-refractivity contribution >= 4 is 5.57 Å². The van der Waals surface area contributed by atoms with E-state index < -0.39 is 0 Å². The van der Waals surface area contributed by atoms with Gasteiger partial charge in [-0.25, -0.2) is 8.78 Å². The van der Waals surface area contributed by atoms with Gasteiger partial charge in [0.15, 0.2) is 0 Å². The first-order chi connectivity index (χ1) is 20.7. The molecule has 4 nitrogen and oxygen atoms in total. The van der Waals surface area contributed by atoms with Crippen molar-refractivity contribution in [3.8, 4) is 0 Å². The molecule has 0 aromatic heterocycles. The largest absolute Gasteiger partial charge is 0.405 e. The Morgan fingerprint density at radius 2 is 1.42 bits per heavy atom. The number of hydrogen-bond acceptors (Lipinski definition) is 4. The summed E-state index contributed by atoms with van der Waals surface area (Å²) in [5, 5.41) is 3.35. The smallest absolute Gasteiger partial charge is 0.123 e. The number of nitrogens with two attached hydrogens (primary N) is 1. The molecule has 0 bridgehead atoms. The minimum atomic E-state index is -0.257. The Bertz CT molecular complexity index is 1090. The Labute approximate surface area is 260 Å². The van der Waals surface area contributed by atoms with Crippen LogP contribution < -0.4 is 11.1 Å². The van der Waals surface area contributed by atoms with Crippen LogP contribution in [0.25, 0.3) is 5.57 Å². The maximum atomic E-state index is 13.8. The third kappa shape index (κ3) is 14.7. The molecule has 43 heavy (non-hydrogen) atoms. The number of hydrogen-bond donors (Lipinski definition) is 2. The molecule has 2 aromatic carbocycles. The molecule has 2 aromatic rings. The van der Waals surface area contributed by atoms with Crippen molar-refractivity contribution in [2.75, 3.05) is 45.8 Å². The van der Waals surface area contributed by atoms with E-state index in [0.717, 1.165) is 75.2 Å². The third-order valence-electron chi connectivity index (χ3n) is 7.48. The van der Waals surface area contributed by atoms with Gasteiger partial charge in [-0.2, -0.15) is 0 Å². The molecule has 1 saturated heterocycles. The van der Waals surface area contributed by atoms with Gasteiger partial charge in [-0.15, -0.1) is 0 Å². The van der Waals surface area contributed by atoms with E-state index in [1.165, 1.54) is 55.4 Å². The Morgan fingerprint density at radius 3 is 1.93 bits per heavy atom. The van der Waals surface area contributed by atoms with Crippen LogP contribution in [0.4, 0.5) is 8.78 Å². The highest BCUT2D eigenvalue weighted by Crippen LogP contribution is 2.31. The van der Waals surface area contributed by atoms with Crippen molar-refractivity contribution in [3.05, 3.63) is 114 Å². The van der Waals surface area contributed by atoms with E-state index >= 15 is 0 Å². The molecule has 1 fully saturated rings. The molecular formula is C37H54F2N4. The number of halogens is 2. The van der Waals surface area contributed by atoms with Crippen LogP contribution in [0.15, 0.2) is 91.3 Å². The molecule has 0 atom stereocenters. The molecule has 0 aliphatic carbocycles. The molecular weight excluding hydrogens is 538 g/mol. The number of nitrogens with one attached hydrogen (secondary N) is 1. The normalized spacial score (nSPS) is 14.5. The van der Waals surface area contributed by atoms with Gasteiger partial charge in [-0.05, 0) is 104 Å². The molecule has 236 valence electrons. The molecule has 0 radical (unpaired) electrons. The fourth-order valence-electron chi connectivity index (χ4n) is 5.23. The van der Waals surface area contributed by atoms with Gasteiger partial charge in [0, 0.05) is 39.3 Å². The SMILES string of the molecule is C/C=C\NCCC(CC/C=C/CN1CCN(CCCC(C)(C)C)CC1)=C(c1ccc(F)cc1)c1ccc(F)cc1.C=CN. The quantitative estimate of drug-likeness (QED) is 0.172. The predicted molar refractivity (Wildman–Crippen MR) is 181 cm³/mol. The fourth-order valence-corrected chi connectivity index (χ4v) is 5.23. The zero-order valence-electron chi connectivity index (χ0n) is 26.9. The molecule has 6 heteroatoms. The van der Waals surface area contributed by atoms with Crippen LogP contribution in [0.2, 0.25) is 0 Å². The Morgan fingerprint density at radius 1 is 0.884 bits per heavy atom. The Kier molecular flexibility index (Phi) is 16.6. The summed E-state index contributed by atoms with van der Waals surface area (Å²) in [6.07, 6.45) is 15.0. The van der Waals surface area contributed by atoms with Crippen LogP contribution in [0, 0.1) is 17.0 Å². The van der Waals surface area contributed by atoms with Crippen LogP contribution in [0.3, 0.4) is 0 Å². The van der Waals surface area contributed by atoms with E-state index in [9.17, 15) is 8.78 Å². The maximum Gasteiger partial charge on any atom is 0.123 e. The first-order valence-electron chi connectivity index (χ1n) is 15.7. The summed E-state index contributed by atoms with van der Waals surface area (Å²) in [5.74, 6) is -0.514. The second kappa shape index (κ2) is 19.9. The summed E-state index contributed by atoms with van der Waals surface area (Å²) < 4.78 is 27.5. The molecule has 1 aliphatic heterocycles. The fraction of sp³-hybridized carbons (Fsp3) is 0.459. The minimum absolute atomic E-state index is 0.257. The monoisotopic (exact) mass is 592 g/mol. The predicted octanol–water partition coefficient (Wildman–Crippen LogP) is 8.15. The number of nitrogens with zero attached hydrogens (tertiary/aromatic N) is 2. The van der Waals surface area contributed by atoms with Crippen molar-refractivity contribution in [3.63, 3.8) is 0 Å². The highest BCUT2D eigenvalue weighted by molar-refractivity contribution is 5.82. The van der Waals surface area contributed by atoms with Crippen molar-refractivity contribution < 1.29 is 8.78 Å². The molecule has 0 amide bonds. The van der Waals surface area contributed by atoms with Crippen molar-refractivity contribution in [2.24, 2.45) is 11.1 Å². The second-order valence-corrected chi connectivity index (χ2v) is 12.2. The molecule has 3 N–H and O–H groups in total. The van der Waals surface area contributed by atoms with E-state index in [1.54, 1.807) is 0 Å². The number of piperazine rings is 1. The van der Waals surface area contributed by atoms with Gasteiger partial charge in [-0.3, -0.25) is 4.90 Å². The van der Waals surface area contributed by atoms with Gasteiger partial charge in [0.1, 0.15) is 11.6 Å². The van der Waals surface area contributed by atoms with Crippen molar-refractivity contribution in [1.29, 1.82) is 0 Å². The van der Waals surface area contributed by atoms with Gasteiger partial charge in [-0.1, -0.05) is 75.4 Å². The van der Waals surface area contributed by atoms with E-state index in [1.807, 2.05) is 43.5 Å². The maximum absolute atomic E-state index is 13.8. The van der Waals surface area contributed by atoms with E-state index in [2.05, 4.69) is 60.4 Å². The van der Waals surface area contributed by atoms with Crippen LogP contribution >= 0.6 is 0 Å². The van der Waals surface area contributed by atoms with Crippen molar-refractivity contribution in [2.45, 2.75) is 59.8 Å². The van der Waals surface area contributed by atoms with E-state index in [-0.39, 0.29) is 11.6 Å². The average Bonchev–Trinajstić information content (AvgIpc) is 2.97. The van der Waals surface area contributed by atoms with E-state index in [4.69, 9.17) is 0 Å². The number of benzene rings is 2. The van der Waals surface area contributed by atoms with Gasteiger partial charge in [0.2, 0.25) is 0 Å². The van der Waals surface area contributed by atoms with Crippen molar-refractivity contribution in [1.82, 2.24) is 15.1 Å².